The van der Waals surface area contributed by atoms with Crippen LogP contribution in [-0.4, -0.2) is 33.3 Å². The molecule has 2 N–H and O–H groups in total. The van der Waals surface area contributed by atoms with Crippen molar-refractivity contribution in [3.05, 3.63) is 24.3 Å². The number of hydrogen-bond donors (Lipinski definition) is 2. The van der Waals surface area contributed by atoms with E-state index < -0.39 is 15.6 Å². The number of nitrogens with one attached hydrogen (secondary N) is 2. The molecular formula is C12H18F2N2O2S. The van der Waals surface area contributed by atoms with Gasteiger partial charge in [-0.15, -0.1) is 0 Å². The van der Waals surface area contributed by atoms with Gasteiger partial charge in [-0.3, -0.25) is 0 Å². The molecule has 1 rings (SSSR count). The zero-order chi connectivity index (χ0) is 14.5. The number of sulfone groups is 1. The van der Waals surface area contributed by atoms with Gasteiger partial charge in [-0.05, 0) is 12.1 Å². The summed E-state index contributed by atoms with van der Waals surface area (Å²) in [6, 6.07) is 5.99. The molecule has 0 saturated carbocycles. The smallest absolute Gasteiger partial charge is 0.341 e. The first-order valence-electron chi connectivity index (χ1n) is 5.94. The third kappa shape index (κ3) is 4.43. The minimum atomic E-state index is -4.58. The van der Waals surface area contributed by atoms with Gasteiger partial charge in [0, 0.05) is 19.1 Å². The van der Waals surface area contributed by atoms with Crippen LogP contribution in [0.2, 0.25) is 0 Å². The van der Waals surface area contributed by atoms with Gasteiger partial charge in [0.2, 0.25) is 9.84 Å². The van der Waals surface area contributed by atoms with Crippen LogP contribution in [0, 0.1) is 0 Å². The van der Waals surface area contributed by atoms with Crippen molar-refractivity contribution in [2.24, 2.45) is 0 Å². The molecular weight excluding hydrogens is 274 g/mol. The van der Waals surface area contributed by atoms with Gasteiger partial charge in [0.05, 0.1) is 10.6 Å². The maximum absolute atomic E-state index is 12.5. The van der Waals surface area contributed by atoms with Crippen molar-refractivity contribution in [3.8, 4) is 0 Å². The Labute approximate surface area is 112 Å². The number of para-hydroxylation sites is 1. The summed E-state index contributed by atoms with van der Waals surface area (Å²) in [6.45, 7) is 5.03. The number of alkyl halides is 2. The summed E-state index contributed by atoms with van der Waals surface area (Å²) >= 11 is 0. The minimum Gasteiger partial charge on any atom is -0.383 e. The highest BCUT2D eigenvalue weighted by molar-refractivity contribution is 7.91. The predicted octanol–water partition coefficient (Wildman–Crippen LogP) is 2.09. The summed E-state index contributed by atoms with van der Waals surface area (Å²) in [6.07, 6.45) is 0. The van der Waals surface area contributed by atoms with Gasteiger partial charge in [0.15, 0.2) is 0 Å². The Hall–Kier alpha value is -1.21. The molecule has 1 aromatic carbocycles. The zero-order valence-corrected chi connectivity index (χ0v) is 11.7. The summed E-state index contributed by atoms with van der Waals surface area (Å²) in [4.78, 5) is -0.366. The SMILES string of the molecule is CC(C)NCCNc1ccccc1S(=O)(=O)C(F)F. The molecule has 4 nitrogen and oxygen atoms in total. The average Bonchev–Trinajstić information content (AvgIpc) is 2.34. The molecule has 108 valence electrons. The van der Waals surface area contributed by atoms with E-state index in [0.717, 1.165) is 0 Å². The van der Waals surface area contributed by atoms with Crippen molar-refractivity contribution in [1.29, 1.82) is 0 Å². The van der Waals surface area contributed by atoms with E-state index in [-0.39, 0.29) is 10.6 Å². The first-order chi connectivity index (χ1) is 8.85. The van der Waals surface area contributed by atoms with Crippen LogP contribution >= 0.6 is 0 Å². The second kappa shape index (κ2) is 6.81. The van der Waals surface area contributed by atoms with E-state index in [1.807, 2.05) is 13.8 Å². The molecule has 19 heavy (non-hydrogen) atoms. The van der Waals surface area contributed by atoms with Gasteiger partial charge in [0.1, 0.15) is 0 Å². The first kappa shape index (κ1) is 15.8. The Kier molecular flexibility index (Phi) is 5.68. The van der Waals surface area contributed by atoms with Crippen LogP contribution < -0.4 is 10.6 Å². The van der Waals surface area contributed by atoms with Crippen molar-refractivity contribution < 1.29 is 17.2 Å². The number of halogens is 2. The van der Waals surface area contributed by atoms with Crippen molar-refractivity contribution >= 4 is 15.5 Å². The van der Waals surface area contributed by atoms with Gasteiger partial charge in [0.25, 0.3) is 0 Å². The van der Waals surface area contributed by atoms with E-state index in [4.69, 9.17) is 0 Å². The lowest BCUT2D eigenvalue weighted by molar-refractivity contribution is 0.235. The highest BCUT2D eigenvalue weighted by atomic mass is 32.2. The van der Waals surface area contributed by atoms with Gasteiger partial charge >= 0.3 is 5.76 Å². The summed E-state index contributed by atoms with van der Waals surface area (Å²) in [5.41, 5.74) is 0.202. The Morgan fingerprint density at radius 3 is 2.37 bits per heavy atom. The lowest BCUT2D eigenvalue weighted by Gasteiger charge is -2.13. The Balaban J connectivity index is 2.80. The van der Waals surface area contributed by atoms with E-state index in [1.54, 1.807) is 6.07 Å². The zero-order valence-electron chi connectivity index (χ0n) is 10.9. The van der Waals surface area contributed by atoms with Crippen molar-refractivity contribution in [2.45, 2.75) is 30.5 Å². The molecule has 0 aliphatic heterocycles. The van der Waals surface area contributed by atoms with Crippen LogP contribution in [0.25, 0.3) is 0 Å². The van der Waals surface area contributed by atoms with Gasteiger partial charge in [-0.25, -0.2) is 8.42 Å². The first-order valence-corrected chi connectivity index (χ1v) is 7.48. The molecule has 0 aliphatic rings. The number of benzene rings is 1. The lowest BCUT2D eigenvalue weighted by Crippen LogP contribution is -2.28. The fourth-order valence-electron chi connectivity index (χ4n) is 1.51. The lowest BCUT2D eigenvalue weighted by atomic mass is 10.3. The molecule has 0 amide bonds. The molecule has 0 heterocycles. The maximum Gasteiger partial charge on any atom is 0.341 e. The normalized spacial score (nSPS) is 12.1. The quantitative estimate of drug-likeness (QED) is 0.756. The monoisotopic (exact) mass is 292 g/mol. The molecule has 0 aromatic heterocycles. The number of rotatable bonds is 7. The average molecular weight is 292 g/mol. The highest BCUT2D eigenvalue weighted by Crippen LogP contribution is 2.25. The summed E-state index contributed by atoms with van der Waals surface area (Å²) in [5, 5.41) is 5.99. The van der Waals surface area contributed by atoms with E-state index in [9.17, 15) is 17.2 Å². The largest absolute Gasteiger partial charge is 0.383 e. The molecule has 0 spiro atoms. The van der Waals surface area contributed by atoms with Crippen LogP contribution in [0.4, 0.5) is 14.5 Å². The summed E-state index contributed by atoms with van der Waals surface area (Å²) in [7, 11) is -4.58. The van der Waals surface area contributed by atoms with Crippen LogP contribution in [0.3, 0.4) is 0 Å². The van der Waals surface area contributed by atoms with Crippen molar-refractivity contribution in [2.75, 3.05) is 18.4 Å². The molecule has 7 heteroatoms. The third-order valence-electron chi connectivity index (χ3n) is 2.42. The number of anilines is 1. The Morgan fingerprint density at radius 1 is 1.16 bits per heavy atom. The molecule has 0 atom stereocenters. The molecule has 0 aliphatic carbocycles. The van der Waals surface area contributed by atoms with Crippen LogP contribution in [0.5, 0.6) is 0 Å². The third-order valence-corrected chi connectivity index (χ3v) is 3.86. The van der Waals surface area contributed by atoms with Crippen molar-refractivity contribution in [1.82, 2.24) is 5.32 Å². The van der Waals surface area contributed by atoms with Gasteiger partial charge in [-0.2, -0.15) is 8.78 Å². The molecule has 0 fully saturated rings. The molecule has 1 aromatic rings. The van der Waals surface area contributed by atoms with E-state index >= 15 is 0 Å². The maximum atomic E-state index is 12.5. The second-order valence-corrected chi connectivity index (χ2v) is 6.22. The topological polar surface area (TPSA) is 58.2 Å². The number of hydrogen-bond acceptors (Lipinski definition) is 4. The molecule has 0 saturated heterocycles. The summed E-state index contributed by atoms with van der Waals surface area (Å²) in [5.74, 6) is -3.41. The van der Waals surface area contributed by atoms with Crippen LogP contribution in [-0.2, 0) is 9.84 Å². The second-order valence-electron chi connectivity index (χ2n) is 4.34. The molecule has 0 unspecified atom stereocenters. The van der Waals surface area contributed by atoms with Crippen molar-refractivity contribution in [3.63, 3.8) is 0 Å². The molecule has 0 bridgehead atoms. The van der Waals surface area contributed by atoms with Gasteiger partial charge in [-0.1, -0.05) is 26.0 Å². The van der Waals surface area contributed by atoms with E-state index in [1.165, 1.54) is 18.2 Å². The highest BCUT2D eigenvalue weighted by Gasteiger charge is 2.28. The summed E-state index contributed by atoms with van der Waals surface area (Å²) < 4.78 is 48.1. The Bertz CT molecular complexity index is 504. The minimum absolute atomic E-state index is 0.202. The molecule has 0 radical (unpaired) electrons. The predicted molar refractivity (Wildman–Crippen MR) is 71.3 cm³/mol. The van der Waals surface area contributed by atoms with Crippen LogP contribution in [0.1, 0.15) is 13.8 Å². The van der Waals surface area contributed by atoms with E-state index in [0.29, 0.717) is 19.1 Å². The van der Waals surface area contributed by atoms with Crippen LogP contribution in [0.15, 0.2) is 29.2 Å². The fourth-order valence-corrected chi connectivity index (χ4v) is 2.42. The Morgan fingerprint density at radius 2 is 1.79 bits per heavy atom. The van der Waals surface area contributed by atoms with Gasteiger partial charge < -0.3 is 10.6 Å². The standard InChI is InChI=1S/C12H18F2N2O2S/c1-9(2)15-7-8-16-10-5-3-4-6-11(10)19(17,18)12(13)14/h3-6,9,12,15-16H,7-8H2,1-2H3. The fraction of sp³-hybridized carbons (Fsp3) is 0.500. The van der Waals surface area contributed by atoms with E-state index in [2.05, 4.69) is 10.6 Å².